The van der Waals surface area contributed by atoms with Crippen molar-refractivity contribution < 1.29 is 27.5 Å². The third-order valence-electron chi connectivity index (χ3n) is 6.58. The minimum absolute atomic E-state index is 0.119. The summed E-state index contributed by atoms with van der Waals surface area (Å²) in [5.74, 6) is -1.98. The fourth-order valence-electron chi connectivity index (χ4n) is 4.85. The van der Waals surface area contributed by atoms with Crippen molar-refractivity contribution in [1.29, 1.82) is 0 Å². The van der Waals surface area contributed by atoms with Crippen molar-refractivity contribution in [3.63, 3.8) is 0 Å². The topological polar surface area (TPSA) is 139 Å². The van der Waals surface area contributed by atoms with Crippen LogP contribution in [0.2, 0.25) is 0 Å². The summed E-state index contributed by atoms with van der Waals surface area (Å²) in [7, 11) is -0.749. The van der Waals surface area contributed by atoms with Gasteiger partial charge >= 0.3 is 6.09 Å². The number of likely N-dealkylation sites (N-methyl/N-ethyl adjacent to an activating group) is 1. The fourth-order valence-corrected chi connectivity index (χ4v) is 6.29. The van der Waals surface area contributed by atoms with E-state index in [0.29, 0.717) is 0 Å². The Hall–Kier alpha value is -2.66. The van der Waals surface area contributed by atoms with Gasteiger partial charge in [-0.15, -0.1) is 0 Å². The van der Waals surface area contributed by atoms with Crippen LogP contribution in [0.4, 0.5) is 4.79 Å². The lowest BCUT2D eigenvalue weighted by Gasteiger charge is -2.45. The van der Waals surface area contributed by atoms with Gasteiger partial charge in [0.2, 0.25) is 15.9 Å². The molecule has 0 aromatic heterocycles. The standard InChI is InChI=1S/C21H30N4O6S/c1-4-5-14-6-8-15(9-7-14)32(29,30)25-12-10-21(11-13-25)16(18(26)23-2)17(31-20(22)28)19(27)24(21)3/h6-9,16-17H,4-5,10-13H2,1-3H3,(H2,22,28)(H,23,26)/t16-,17+/m0/s1. The van der Waals surface area contributed by atoms with Crippen molar-refractivity contribution in [3.8, 4) is 0 Å². The summed E-state index contributed by atoms with van der Waals surface area (Å²) >= 11 is 0. The van der Waals surface area contributed by atoms with Crippen LogP contribution in [0, 0.1) is 5.92 Å². The van der Waals surface area contributed by atoms with Crippen molar-refractivity contribution in [2.24, 2.45) is 11.7 Å². The quantitative estimate of drug-likeness (QED) is 0.624. The number of amides is 3. The summed E-state index contributed by atoms with van der Waals surface area (Å²) < 4.78 is 32.7. The third kappa shape index (κ3) is 4.06. The zero-order valence-electron chi connectivity index (χ0n) is 18.5. The maximum Gasteiger partial charge on any atom is 0.405 e. The van der Waals surface area contributed by atoms with Gasteiger partial charge in [0.05, 0.1) is 10.4 Å². The van der Waals surface area contributed by atoms with E-state index < -0.39 is 45.5 Å². The van der Waals surface area contributed by atoms with Crippen LogP contribution in [-0.2, 0) is 30.8 Å². The third-order valence-corrected chi connectivity index (χ3v) is 8.50. The van der Waals surface area contributed by atoms with E-state index in [4.69, 9.17) is 10.5 Å². The lowest BCUT2D eigenvalue weighted by Crippen LogP contribution is -2.58. The number of benzene rings is 1. The van der Waals surface area contributed by atoms with Gasteiger partial charge in [-0.3, -0.25) is 9.59 Å². The Balaban J connectivity index is 1.84. The van der Waals surface area contributed by atoms with E-state index >= 15 is 0 Å². The second kappa shape index (κ2) is 9.07. The Bertz CT molecular complexity index is 986. The van der Waals surface area contributed by atoms with Gasteiger partial charge in [0.1, 0.15) is 5.92 Å². The van der Waals surface area contributed by atoms with Crippen LogP contribution in [0.5, 0.6) is 0 Å². The smallest absolute Gasteiger partial charge is 0.405 e. The van der Waals surface area contributed by atoms with Crippen LogP contribution >= 0.6 is 0 Å². The second-order valence-electron chi connectivity index (χ2n) is 8.25. The van der Waals surface area contributed by atoms with E-state index in [-0.39, 0.29) is 30.8 Å². The molecule has 3 N–H and O–H groups in total. The molecule has 2 aliphatic heterocycles. The van der Waals surface area contributed by atoms with Crippen LogP contribution in [-0.4, -0.2) is 74.4 Å². The summed E-state index contributed by atoms with van der Waals surface area (Å²) in [6.45, 7) is 2.30. The van der Waals surface area contributed by atoms with Crippen LogP contribution in [0.25, 0.3) is 0 Å². The van der Waals surface area contributed by atoms with Gasteiger partial charge in [-0.05, 0) is 37.0 Å². The molecule has 0 bridgehead atoms. The summed E-state index contributed by atoms with van der Waals surface area (Å²) in [6.07, 6.45) is -0.194. The van der Waals surface area contributed by atoms with Crippen molar-refractivity contribution >= 4 is 27.9 Å². The molecule has 32 heavy (non-hydrogen) atoms. The number of carbonyl (C=O) groups is 3. The molecule has 2 fully saturated rings. The van der Waals surface area contributed by atoms with Crippen molar-refractivity contribution in [1.82, 2.24) is 14.5 Å². The molecule has 2 aliphatic rings. The largest absolute Gasteiger partial charge is 0.435 e. The predicted molar refractivity (Wildman–Crippen MR) is 116 cm³/mol. The van der Waals surface area contributed by atoms with E-state index in [1.807, 2.05) is 12.1 Å². The monoisotopic (exact) mass is 466 g/mol. The average molecular weight is 467 g/mol. The number of aryl methyl sites for hydroxylation is 1. The first-order valence-electron chi connectivity index (χ1n) is 10.6. The minimum atomic E-state index is -3.72. The Morgan fingerprint density at radius 3 is 2.31 bits per heavy atom. The van der Waals surface area contributed by atoms with E-state index in [0.717, 1.165) is 18.4 Å². The number of piperidine rings is 1. The van der Waals surface area contributed by atoms with E-state index in [1.165, 1.54) is 16.3 Å². The minimum Gasteiger partial charge on any atom is -0.435 e. The number of ether oxygens (including phenoxy) is 1. The molecule has 1 aromatic carbocycles. The molecule has 0 unspecified atom stereocenters. The van der Waals surface area contributed by atoms with E-state index in [9.17, 15) is 22.8 Å². The number of rotatable bonds is 6. The van der Waals surface area contributed by atoms with Crippen LogP contribution in [0.3, 0.4) is 0 Å². The highest BCUT2D eigenvalue weighted by Gasteiger charge is 2.62. The maximum absolute atomic E-state index is 13.2. The maximum atomic E-state index is 13.2. The Labute approximate surface area is 188 Å². The molecule has 11 heteroatoms. The lowest BCUT2D eigenvalue weighted by atomic mass is 9.76. The summed E-state index contributed by atoms with van der Waals surface area (Å²) in [5.41, 5.74) is 5.22. The molecule has 0 aliphatic carbocycles. The summed E-state index contributed by atoms with van der Waals surface area (Å²) in [6, 6.07) is 6.86. The van der Waals surface area contributed by atoms with Crippen molar-refractivity contribution in [2.75, 3.05) is 27.2 Å². The predicted octanol–water partition coefficient (Wildman–Crippen LogP) is 0.461. The van der Waals surface area contributed by atoms with Gasteiger partial charge in [0, 0.05) is 27.2 Å². The Kier molecular flexibility index (Phi) is 6.80. The number of sulfonamides is 1. The molecule has 3 amide bonds. The molecule has 10 nitrogen and oxygen atoms in total. The molecular formula is C21H30N4O6S. The average Bonchev–Trinajstić information content (AvgIpc) is 2.95. The van der Waals surface area contributed by atoms with Gasteiger partial charge < -0.3 is 20.7 Å². The van der Waals surface area contributed by atoms with Crippen molar-refractivity contribution in [3.05, 3.63) is 29.8 Å². The summed E-state index contributed by atoms with van der Waals surface area (Å²) in [5, 5.41) is 2.52. The summed E-state index contributed by atoms with van der Waals surface area (Å²) in [4.78, 5) is 38.5. The Morgan fingerprint density at radius 1 is 1.22 bits per heavy atom. The molecule has 2 saturated heterocycles. The molecule has 2 heterocycles. The normalized spacial score (nSPS) is 23.3. The van der Waals surface area contributed by atoms with Gasteiger partial charge in [-0.1, -0.05) is 25.5 Å². The first kappa shape index (κ1) is 24.0. The van der Waals surface area contributed by atoms with Crippen LogP contribution in [0.1, 0.15) is 31.7 Å². The second-order valence-corrected chi connectivity index (χ2v) is 10.2. The highest BCUT2D eigenvalue weighted by atomic mass is 32.2. The SMILES string of the molecule is CCCc1ccc(S(=O)(=O)N2CCC3(CC2)[C@H](C(=O)NC)[C@@H](OC(N)=O)C(=O)N3C)cc1. The van der Waals surface area contributed by atoms with Gasteiger partial charge in [-0.25, -0.2) is 13.2 Å². The molecule has 176 valence electrons. The Morgan fingerprint density at radius 2 is 1.81 bits per heavy atom. The van der Waals surface area contributed by atoms with Crippen LogP contribution in [0.15, 0.2) is 29.2 Å². The molecule has 1 aromatic rings. The number of hydrogen-bond donors (Lipinski definition) is 2. The first-order chi connectivity index (χ1) is 15.1. The van der Waals surface area contributed by atoms with Gasteiger partial charge in [-0.2, -0.15) is 4.31 Å². The number of likely N-dealkylation sites (tertiary alicyclic amines) is 1. The molecule has 0 radical (unpaired) electrons. The fraction of sp³-hybridized carbons (Fsp3) is 0.571. The van der Waals surface area contributed by atoms with Gasteiger partial charge in [0.15, 0.2) is 6.10 Å². The molecule has 1 spiro atoms. The van der Waals surface area contributed by atoms with Crippen LogP contribution < -0.4 is 11.1 Å². The van der Waals surface area contributed by atoms with Gasteiger partial charge in [0.25, 0.3) is 5.91 Å². The number of primary amides is 1. The molecule has 3 rings (SSSR count). The zero-order valence-corrected chi connectivity index (χ0v) is 19.4. The number of carbonyl (C=O) groups excluding carboxylic acids is 3. The van der Waals surface area contributed by atoms with E-state index in [2.05, 4.69) is 12.2 Å². The highest BCUT2D eigenvalue weighted by Crippen LogP contribution is 2.44. The van der Waals surface area contributed by atoms with Crippen molar-refractivity contribution in [2.45, 2.75) is 49.1 Å². The zero-order chi connectivity index (χ0) is 23.7. The molecule has 0 saturated carbocycles. The lowest BCUT2D eigenvalue weighted by molar-refractivity contribution is -0.137. The first-order valence-corrected chi connectivity index (χ1v) is 12.1. The molecule has 2 atom stereocenters. The highest BCUT2D eigenvalue weighted by molar-refractivity contribution is 7.89. The number of nitrogens with two attached hydrogens (primary N) is 1. The number of nitrogens with zero attached hydrogens (tertiary/aromatic N) is 2. The number of nitrogens with one attached hydrogen (secondary N) is 1. The number of hydrogen-bond acceptors (Lipinski definition) is 6. The molecular weight excluding hydrogens is 436 g/mol. The van der Waals surface area contributed by atoms with E-state index in [1.54, 1.807) is 19.2 Å².